The van der Waals surface area contributed by atoms with E-state index in [1.54, 1.807) is 7.11 Å². The number of fused-ring (bicyclic) bond motifs is 2. The van der Waals surface area contributed by atoms with E-state index in [4.69, 9.17) is 14.2 Å². The van der Waals surface area contributed by atoms with E-state index in [1.807, 2.05) is 13.8 Å². The van der Waals surface area contributed by atoms with Gasteiger partial charge in [0.1, 0.15) is 0 Å². The molecule has 0 amide bonds. The highest BCUT2D eigenvalue weighted by molar-refractivity contribution is 4.99. The summed E-state index contributed by atoms with van der Waals surface area (Å²) in [6, 6.07) is 1.48. The van der Waals surface area contributed by atoms with E-state index in [1.165, 1.54) is 19.5 Å². The van der Waals surface area contributed by atoms with Crippen LogP contribution in [0.1, 0.15) is 27.2 Å². The van der Waals surface area contributed by atoms with Gasteiger partial charge in [-0.15, -0.1) is 0 Å². The molecule has 172 valence electrons. The predicted octanol–water partition coefficient (Wildman–Crippen LogP) is 1.09. The van der Waals surface area contributed by atoms with Crippen molar-refractivity contribution in [1.29, 1.82) is 0 Å². The molecule has 7 nitrogen and oxygen atoms in total. The van der Waals surface area contributed by atoms with Gasteiger partial charge >= 0.3 is 0 Å². The molecule has 0 N–H and O–H groups in total. The van der Waals surface area contributed by atoms with Crippen LogP contribution in [0.5, 0.6) is 0 Å². The van der Waals surface area contributed by atoms with Crippen LogP contribution in [0.25, 0.3) is 0 Å². The second kappa shape index (κ2) is 14.7. The van der Waals surface area contributed by atoms with Crippen molar-refractivity contribution in [2.45, 2.75) is 39.3 Å². The van der Waals surface area contributed by atoms with E-state index < -0.39 is 0 Å². The summed E-state index contributed by atoms with van der Waals surface area (Å²) in [5.74, 6) is 0. The first-order chi connectivity index (χ1) is 14.3. The van der Waals surface area contributed by atoms with Crippen LogP contribution in [-0.2, 0) is 14.2 Å². The topological polar surface area (TPSA) is 40.7 Å². The van der Waals surface area contributed by atoms with E-state index in [2.05, 4.69) is 26.5 Å². The molecule has 3 aliphatic rings. The van der Waals surface area contributed by atoms with Crippen molar-refractivity contribution in [3.8, 4) is 0 Å². The molecule has 3 fully saturated rings. The first-order valence-electron chi connectivity index (χ1n) is 11.9. The van der Waals surface area contributed by atoms with Gasteiger partial charge in [-0.1, -0.05) is 13.8 Å². The fourth-order valence-electron chi connectivity index (χ4n) is 4.64. The number of piperazine rings is 2. The molecule has 3 saturated heterocycles. The molecule has 2 bridgehead atoms. The maximum Gasteiger partial charge on any atom is 0.0594 e. The number of hydrogen-bond acceptors (Lipinski definition) is 7. The van der Waals surface area contributed by atoms with E-state index in [9.17, 15) is 0 Å². The minimum absolute atomic E-state index is 0.736. The number of hydrogen-bond donors (Lipinski definition) is 0. The molecule has 0 aromatic carbocycles. The summed E-state index contributed by atoms with van der Waals surface area (Å²) in [7, 11) is 1.78. The molecule has 29 heavy (non-hydrogen) atoms. The van der Waals surface area contributed by atoms with E-state index in [-0.39, 0.29) is 0 Å². The Kier molecular flexibility index (Phi) is 12.6. The van der Waals surface area contributed by atoms with Crippen molar-refractivity contribution in [3.63, 3.8) is 0 Å². The SMILES string of the molecule is CC.CCOCCN1C[C@@H]2C[C@H]1CN2CCOCCN1CCN(CCOC)CC1. The second-order valence-corrected chi connectivity index (χ2v) is 8.02. The Labute approximate surface area is 179 Å². The molecule has 0 unspecified atom stereocenters. The Hall–Kier alpha value is -0.280. The Morgan fingerprint density at radius 3 is 1.66 bits per heavy atom. The average Bonchev–Trinajstić information content (AvgIpc) is 3.35. The van der Waals surface area contributed by atoms with E-state index in [0.717, 1.165) is 97.5 Å². The summed E-state index contributed by atoms with van der Waals surface area (Å²) >= 11 is 0. The van der Waals surface area contributed by atoms with Crippen molar-refractivity contribution in [3.05, 3.63) is 0 Å². The molecule has 0 radical (unpaired) electrons. The Morgan fingerprint density at radius 1 is 0.690 bits per heavy atom. The summed E-state index contributed by atoms with van der Waals surface area (Å²) in [5.41, 5.74) is 0. The molecular formula is C22H46N4O3. The highest BCUT2D eigenvalue weighted by atomic mass is 16.5. The maximum atomic E-state index is 5.95. The third-order valence-corrected chi connectivity index (χ3v) is 6.35. The summed E-state index contributed by atoms with van der Waals surface area (Å²) < 4.78 is 16.6. The summed E-state index contributed by atoms with van der Waals surface area (Å²) in [5, 5.41) is 0. The zero-order valence-electron chi connectivity index (χ0n) is 19.5. The van der Waals surface area contributed by atoms with Gasteiger partial charge in [0, 0.05) is 91.2 Å². The van der Waals surface area contributed by atoms with Gasteiger partial charge in [0.25, 0.3) is 0 Å². The van der Waals surface area contributed by atoms with Crippen LogP contribution >= 0.6 is 0 Å². The first kappa shape index (κ1) is 25.0. The van der Waals surface area contributed by atoms with Crippen LogP contribution in [0.15, 0.2) is 0 Å². The first-order valence-corrected chi connectivity index (χ1v) is 11.9. The van der Waals surface area contributed by atoms with Crippen LogP contribution in [0, 0.1) is 0 Å². The summed E-state index contributed by atoms with van der Waals surface area (Å²) in [6.07, 6.45) is 1.33. The Morgan fingerprint density at radius 2 is 1.17 bits per heavy atom. The van der Waals surface area contributed by atoms with Crippen LogP contribution in [0.4, 0.5) is 0 Å². The van der Waals surface area contributed by atoms with Gasteiger partial charge in [-0.05, 0) is 13.3 Å². The van der Waals surface area contributed by atoms with Crippen LogP contribution in [0.2, 0.25) is 0 Å². The maximum absolute atomic E-state index is 5.95. The molecule has 3 heterocycles. The molecule has 7 heteroatoms. The lowest BCUT2D eigenvalue weighted by atomic mass is 10.2. The fourth-order valence-corrected chi connectivity index (χ4v) is 4.64. The number of methoxy groups -OCH3 is 1. The highest BCUT2D eigenvalue weighted by Gasteiger charge is 2.42. The monoisotopic (exact) mass is 414 g/mol. The lowest BCUT2D eigenvalue weighted by molar-refractivity contribution is 0.0423. The molecule has 0 aromatic rings. The number of ether oxygens (including phenoxy) is 3. The quantitative estimate of drug-likeness (QED) is 0.418. The zero-order chi connectivity index (χ0) is 20.9. The van der Waals surface area contributed by atoms with E-state index >= 15 is 0 Å². The second-order valence-electron chi connectivity index (χ2n) is 8.02. The summed E-state index contributed by atoms with van der Waals surface area (Å²) in [4.78, 5) is 10.3. The molecule has 2 atom stereocenters. The van der Waals surface area contributed by atoms with Gasteiger partial charge in [0.15, 0.2) is 0 Å². The van der Waals surface area contributed by atoms with Crippen LogP contribution in [0.3, 0.4) is 0 Å². The Balaban J connectivity index is 0.00000145. The molecule has 0 spiro atoms. The standard InChI is InChI=1S/C20H40N4O3.C2H6/c1-3-26-14-10-23-17-20-16-19(23)18-24(20)11-15-27-13-9-22-6-4-21(5-7-22)8-12-25-2;1-2/h19-20H,3-18H2,1-2H3;1-2H3/t19-,20-;/m0./s1. The van der Waals surface area contributed by atoms with Gasteiger partial charge in [-0.25, -0.2) is 0 Å². The lowest BCUT2D eigenvalue weighted by Gasteiger charge is -2.35. The van der Waals surface area contributed by atoms with E-state index in [0.29, 0.717) is 0 Å². The van der Waals surface area contributed by atoms with Gasteiger partial charge in [-0.3, -0.25) is 19.6 Å². The van der Waals surface area contributed by atoms with Gasteiger partial charge < -0.3 is 14.2 Å². The molecule has 3 rings (SSSR count). The molecule has 0 saturated carbocycles. The normalized spacial score (nSPS) is 26.1. The van der Waals surface area contributed by atoms with Crippen molar-refractivity contribution in [2.75, 3.05) is 106 Å². The third kappa shape index (κ3) is 8.40. The van der Waals surface area contributed by atoms with Crippen molar-refractivity contribution in [2.24, 2.45) is 0 Å². The predicted molar refractivity (Wildman–Crippen MR) is 119 cm³/mol. The number of likely N-dealkylation sites (tertiary alicyclic amines) is 2. The van der Waals surface area contributed by atoms with Crippen molar-refractivity contribution in [1.82, 2.24) is 19.6 Å². The summed E-state index contributed by atoms with van der Waals surface area (Å²) in [6.45, 7) is 21.7. The van der Waals surface area contributed by atoms with Crippen LogP contribution in [-0.4, -0.2) is 137 Å². The highest BCUT2D eigenvalue weighted by Crippen LogP contribution is 2.29. The lowest BCUT2D eigenvalue weighted by Crippen LogP contribution is -2.48. The molecular weight excluding hydrogens is 368 g/mol. The third-order valence-electron chi connectivity index (χ3n) is 6.35. The largest absolute Gasteiger partial charge is 0.383 e. The van der Waals surface area contributed by atoms with Crippen LogP contribution < -0.4 is 0 Å². The average molecular weight is 415 g/mol. The zero-order valence-corrected chi connectivity index (χ0v) is 19.5. The fraction of sp³-hybridized carbons (Fsp3) is 1.00. The molecule has 0 aliphatic carbocycles. The smallest absolute Gasteiger partial charge is 0.0594 e. The van der Waals surface area contributed by atoms with Gasteiger partial charge in [0.05, 0.1) is 26.4 Å². The molecule has 0 aromatic heterocycles. The van der Waals surface area contributed by atoms with Crippen molar-refractivity contribution >= 4 is 0 Å². The Bertz CT molecular complexity index is 408. The number of nitrogens with zero attached hydrogens (tertiary/aromatic N) is 4. The number of rotatable bonds is 13. The van der Waals surface area contributed by atoms with Gasteiger partial charge in [0.2, 0.25) is 0 Å². The molecule has 3 aliphatic heterocycles. The minimum Gasteiger partial charge on any atom is -0.383 e. The van der Waals surface area contributed by atoms with Gasteiger partial charge in [-0.2, -0.15) is 0 Å². The van der Waals surface area contributed by atoms with Crippen molar-refractivity contribution < 1.29 is 14.2 Å². The minimum atomic E-state index is 0.736.